The molecular formula is C20H27N3O3. The van der Waals surface area contributed by atoms with Gasteiger partial charge in [-0.3, -0.25) is 9.48 Å². The lowest BCUT2D eigenvalue weighted by Gasteiger charge is -2.40. The number of fused-ring (bicyclic) bond motifs is 1. The van der Waals surface area contributed by atoms with E-state index in [1.54, 1.807) is 20.4 Å². The van der Waals surface area contributed by atoms with E-state index >= 15 is 0 Å². The van der Waals surface area contributed by atoms with E-state index in [9.17, 15) is 4.79 Å². The van der Waals surface area contributed by atoms with Gasteiger partial charge in [-0.05, 0) is 35.7 Å². The first kappa shape index (κ1) is 18.3. The average Bonchev–Trinajstić information content (AvgIpc) is 3.03. The molecule has 3 rings (SSSR count). The number of hydrogen-bond donors (Lipinski definition) is 0. The quantitative estimate of drug-likeness (QED) is 0.847. The Hall–Kier alpha value is -2.50. The van der Waals surface area contributed by atoms with Gasteiger partial charge in [0.05, 0.1) is 26.0 Å². The van der Waals surface area contributed by atoms with E-state index in [0.717, 1.165) is 17.7 Å². The molecular weight excluding hydrogens is 330 g/mol. The molecule has 1 amide bonds. The summed E-state index contributed by atoms with van der Waals surface area (Å²) in [5, 5.41) is 4.32. The molecule has 1 aromatic carbocycles. The molecule has 1 unspecified atom stereocenters. The summed E-state index contributed by atoms with van der Waals surface area (Å²) in [6.45, 7) is 6.54. The summed E-state index contributed by atoms with van der Waals surface area (Å²) in [5.41, 5.74) is 2.77. The third-order valence-electron chi connectivity index (χ3n) is 4.92. The van der Waals surface area contributed by atoms with Crippen LogP contribution in [0.15, 0.2) is 24.4 Å². The molecule has 0 fully saturated rings. The van der Waals surface area contributed by atoms with Gasteiger partial charge in [0.2, 0.25) is 5.91 Å². The van der Waals surface area contributed by atoms with Gasteiger partial charge in [-0.15, -0.1) is 0 Å². The van der Waals surface area contributed by atoms with E-state index in [1.807, 2.05) is 55.6 Å². The fourth-order valence-electron chi connectivity index (χ4n) is 3.57. The predicted molar refractivity (Wildman–Crippen MR) is 99.5 cm³/mol. The number of hydrogen-bond acceptors (Lipinski definition) is 4. The van der Waals surface area contributed by atoms with Crippen LogP contribution in [0.4, 0.5) is 0 Å². The molecule has 0 saturated carbocycles. The van der Waals surface area contributed by atoms with Crippen LogP contribution in [0.25, 0.3) is 0 Å². The van der Waals surface area contributed by atoms with Gasteiger partial charge in [-0.2, -0.15) is 5.10 Å². The largest absolute Gasteiger partial charge is 0.493 e. The van der Waals surface area contributed by atoms with E-state index in [1.165, 1.54) is 5.56 Å². The Bertz CT molecular complexity index is 820. The zero-order chi connectivity index (χ0) is 19.1. The van der Waals surface area contributed by atoms with Crippen molar-refractivity contribution in [1.29, 1.82) is 0 Å². The summed E-state index contributed by atoms with van der Waals surface area (Å²) >= 11 is 0. The highest BCUT2D eigenvalue weighted by Gasteiger charge is 2.38. The molecule has 140 valence electrons. The van der Waals surface area contributed by atoms with Gasteiger partial charge in [0.25, 0.3) is 0 Å². The lowest BCUT2D eigenvalue weighted by atomic mass is 9.86. The lowest BCUT2D eigenvalue weighted by Crippen LogP contribution is -2.46. The molecule has 0 radical (unpaired) electrons. The number of nitrogens with zero attached hydrogens (tertiary/aromatic N) is 3. The molecule has 6 nitrogen and oxygen atoms in total. The molecule has 1 aromatic heterocycles. The first-order chi connectivity index (χ1) is 12.3. The Morgan fingerprint density at radius 3 is 2.38 bits per heavy atom. The average molecular weight is 357 g/mol. The Morgan fingerprint density at radius 1 is 1.19 bits per heavy atom. The smallest absolute Gasteiger partial charge is 0.228 e. The van der Waals surface area contributed by atoms with Crippen molar-refractivity contribution in [2.24, 2.45) is 12.5 Å². The van der Waals surface area contributed by atoms with Crippen molar-refractivity contribution >= 4 is 5.91 Å². The van der Waals surface area contributed by atoms with Crippen molar-refractivity contribution in [3.63, 3.8) is 0 Å². The number of ether oxygens (including phenoxy) is 2. The summed E-state index contributed by atoms with van der Waals surface area (Å²) < 4.78 is 12.8. The summed E-state index contributed by atoms with van der Waals surface area (Å²) in [7, 11) is 5.18. The molecule has 0 bridgehead atoms. The maximum atomic E-state index is 13.2. The number of aromatic nitrogens is 2. The molecule has 0 aliphatic carbocycles. The normalized spacial score (nSPS) is 17.0. The number of rotatable bonds is 3. The van der Waals surface area contributed by atoms with Crippen molar-refractivity contribution in [3.05, 3.63) is 41.2 Å². The third kappa shape index (κ3) is 3.04. The highest BCUT2D eigenvalue weighted by molar-refractivity contribution is 5.83. The summed E-state index contributed by atoms with van der Waals surface area (Å²) in [4.78, 5) is 15.1. The van der Waals surface area contributed by atoms with E-state index in [0.29, 0.717) is 18.0 Å². The Labute approximate surface area is 154 Å². The van der Waals surface area contributed by atoms with Crippen LogP contribution in [-0.4, -0.2) is 41.4 Å². The van der Waals surface area contributed by atoms with Crippen LogP contribution in [0.3, 0.4) is 0 Å². The van der Waals surface area contributed by atoms with Gasteiger partial charge in [-0.1, -0.05) is 20.8 Å². The van der Waals surface area contributed by atoms with E-state index < -0.39 is 5.41 Å². The standard InChI is InChI=1S/C20H27N3O3/c1-20(2,3)19(24)23-10-8-13-11-16(25-5)17(26-6)12-14(13)18(23)15-7-9-21-22(15)4/h7,9,11-12,18H,8,10H2,1-6H3. The monoisotopic (exact) mass is 357 g/mol. The second kappa shape index (κ2) is 6.67. The molecule has 2 heterocycles. The summed E-state index contributed by atoms with van der Waals surface area (Å²) in [5.74, 6) is 1.51. The molecule has 6 heteroatoms. The highest BCUT2D eigenvalue weighted by atomic mass is 16.5. The topological polar surface area (TPSA) is 56.6 Å². The van der Waals surface area contributed by atoms with Crippen LogP contribution in [-0.2, 0) is 18.3 Å². The van der Waals surface area contributed by atoms with E-state index in [-0.39, 0.29) is 11.9 Å². The number of carbonyl (C=O) groups excluding carboxylic acids is 1. The minimum absolute atomic E-state index is 0.129. The van der Waals surface area contributed by atoms with Gasteiger partial charge < -0.3 is 14.4 Å². The van der Waals surface area contributed by atoms with Crippen LogP contribution in [0.1, 0.15) is 43.6 Å². The minimum Gasteiger partial charge on any atom is -0.493 e. The molecule has 2 aromatic rings. The number of methoxy groups -OCH3 is 2. The second-order valence-corrected chi connectivity index (χ2v) is 7.69. The van der Waals surface area contributed by atoms with Crippen LogP contribution in [0.5, 0.6) is 11.5 Å². The minimum atomic E-state index is -0.453. The zero-order valence-corrected chi connectivity index (χ0v) is 16.4. The number of benzene rings is 1. The van der Waals surface area contributed by atoms with Gasteiger partial charge in [0, 0.05) is 25.2 Å². The van der Waals surface area contributed by atoms with Crippen LogP contribution >= 0.6 is 0 Å². The molecule has 1 atom stereocenters. The van der Waals surface area contributed by atoms with Gasteiger partial charge in [0.1, 0.15) is 0 Å². The maximum Gasteiger partial charge on any atom is 0.228 e. The Kier molecular flexibility index (Phi) is 4.69. The lowest BCUT2D eigenvalue weighted by molar-refractivity contribution is -0.141. The van der Waals surface area contributed by atoms with Crippen molar-refractivity contribution in [1.82, 2.24) is 14.7 Å². The van der Waals surface area contributed by atoms with Crippen molar-refractivity contribution in [2.75, 3.05) is 20.8 Å². The predicted octanol–water partition coefficient (Wildman–Crippen LogP) is 2.96. The second-order valence-electron chi connectivity index (χ2n) is 7.69. The Morgan fingerprint density at radius 2 is 1.85 bits per heavy atom. The molecule has 1 aliphatic heterocycles. The van der Waals surface area contributed by atoms with Crippen molar-refractivity contribution < 1.29 is 14.3 Å². The highest BCUT2D eigenvalue weighted by Crippen LogP contribution is 2.42. The van der Waals surface area contributed by atoms with Crippen LogP contribution < -0.4 is 9.47 Å². The molecule has 1 aliphatic rings. The molecule has 26 heavy (non-hydrogen) atoms. The SMILES string of the molecule is COc1cc2c(cc1OC)C(c1ccnn1C)N(C(=O)C(C)(C)C)CC2. The van der Waals surface area contributed by atoms with Gasteiger partial charge in [-0.25, -0.2) is 0 Å². The van der Waals surface area contributed by atoms with Crippen molar-refractivity contribution in [2.45, 2.75) is 33.2 Å². The zero-order valence-electron chi connectivity index (χ0n) is 16.4. The molecule has 0 spiro atoms. The number of amides is 1. The van der Waals surface area contributed by atoms with E-state index in [2.05, 4.69) is 5.10 Å². The van der Waals surface area contributed by atoms with Crippen molar-refractivity contribution in [3.8, 4) is 11.5 Å². The van der Waals surface area contributed by atoms with Crippen LogP contribution in [0, 0.1) is 5.41 Å². The fourth-order valence-corrected chi connectivity index (χ4v) is 3.57. The first-order valence-corrected chi connectivity index (χ1v) is 8.81. The number of aryl methyl sites for hydroxylation is 1. The van der Waals surface area contributed by atoms with Gasteiger partial charge in [0.15, 0.2) is 11.5 Å². The van der Waals surface area contributed by atoms with Crippen LogP contribution in [0.2, 0.25) is 0 Å². The Balaban J connectivity index is 2.18. The molecule has 0 saturated heterocycles. The third-order valence-corrected chi connectivity index (χ3v) is 4.92. The number of carbonyl (C=O) groups is 1. The fraction of sp³-hybridized carbons (Fsp3) is 0.500. The maximum absolute atomic E-state index is 13.2. The van der Waals surface area contributed by atoms with Gasteiger partial charge >= 0.3 is 0 Å². The molecule has 0 N–H and O–H groups in total. The van der Waals surface area contributed by atoms with E-state index in [4.69, 9.17) is 9.47 Å². The summed E-state index contributed by atoms with van der Waals surface area (Å²) in [6, 6.07) is 5.79. The first-order valence-electron chi connectivity index (χ1n) is 8.81. The summed E-state index contributed by atoms with van der Waals surface area (Å²) in [6.07, 6.45) is 2.55.